The zero-order valence-corrected chi connectivity index (χ0v) is 26.2. The summed E-state index contributed by atoms with van der Waals surface area (Å²) in [6.45, 7) is 4.55. The summed E-state index contributed by atoms with van der Waals surface area (Å²) >= 11 is 0. The van der Waals surface area contributed by atoms with E-state index in [1.807, 2.05) is 12.1 Å². The first kappa shape index (κ1) is 35.1. The van der Waals surface area contributed by atoms with Crippen molar-refractivity contribution in [3.05, 3.63) is 96.6 Å². The summed E-state index contributed by atoms with van der Waals surface area (Å²) in [6, 6.07) is 20.7. The Labute approximate surface area is 267 Å². The molecular formula is C38H46O7. The Kier molecular flexibility index (Phi) is 16.0. The molecule has 0 unspecified atom stereocenters. The van der Waals surface area contributed by atoms with E-state index >= 15 is 0 Å². The van der Waals surface area contributed by atoms with Crippen LogP contribution in [0.15, 0.2) is 85.5 Å². The molecule has 0 aliphatic heterocycles. The molecule has 0 bridgehead atoms. The number of rotatable bonds is 22. The summed E-state index contributed by atoms with van der Waals surface area (Å²) in [5, 5.41) is 9.05. The summed E-state index contributed by atoms with van der Waals surface area (Å²) in [6.07, 6.45) is 16.9. The molecule has 7 nitrogen and oxygen atoms in total. The van der Waals surface area contributed by atoms with E-state index in [-0.39, 0.29) is 11.5 Å². The quantitative estimate of drug-likeness (QED) is 0.0521. The van der Waals surface area contributed by atoms with Crippen molar-refractivity contribution in [2.24, 2.45) is 0 Å². The molecule has 1 N–H and O–H groups in total. The van der Waals surface area contributed by atoms with Crippen LogP contribution < -0.4 is 9.47 Å². The lowest BCUT2D eigenvalue weighted by Gasteiger charge is -2.08. The highest BCUT2D eigenvalue weighted by Crippen LogP contribution is 2.24. The maximum absolute atomic E-state index is 12.6. The third kappa shape index (κ3) is 13.8. The number of unbranched alkanes of at least 4 members (excludes halogenated alkanes) is 12. The van der Waals surface area contributed by atoms with Gasteiger partial charge in [0.15, 0.2) is 0 Å². The molecule has 0 spiro atoms. The van der Waals surface area contributed by atoms with Crippen molar-refractivity contribution in [3.8, 4) is 22.6 Å². The van der Waals surface area contributed by atoms with Gasteiger partial charge >= 0.3 is 17.9 Å². The lowest BCUT2D eigenvalue weighted by atomic mass is 10.0. The molecule has 0 radical (unpaired) electrons. The van der Waals surface area contributed by atoms with Crippen molar-refractivity contribution in [3.63, 3.8) is 0 Å². The second-order valence-electron chi connectivity index (χ2n) is 11.1. The van der Waals surface area contributed by atoms with Gasteiger partial charge in [0.2, 0.25) is 0 Å². The number of esters is 2. The maximum Gasteiger partial charge on any atom is 0.343 e. The molecule has 0 fully saturated rings. The number of carbonyl (C=O) groups excluding carboxylic acids is 2. The molecule has 0 amide bonds. The minimum atomic E-state index is -0.963. The Hall–Kier alpha value is -4.39. The van der Waals surface area contributed by atoms with Gasteiger partial charge in [-0.25, -0.2) is 14.4 Å². The topological polar surface area (TPSA) is 99.1 Å². The highest BCUT2D eigenvalue weighted by molar-refractivity contribution is 5.91. The van der Waals surface area contributed by atoms with E-state index < -0.39 is 11.9 Å². The van der Waals surface area contributed by atoms with Crippen molar-refractivity contribution in [1.29, 1.82) is 0 Å². The first-order valence-electron chi connectivity index (χ1n) is 16.1. The van der Waals surface area contributed by atoms with Gasteiger partial charge in [0.25, 0.3) is 0 Å². The summed E-state index contributed by atoms with van der Waals surface area (Å²) in [4.78, 5) is 34.6. The minimum absolute atomic E-state index is 0.233. The van der Waals surface area contributed by atoms with Gasteiger partial charge < -0.3 is 19.3 Å². The molecule has 0 atom stereocenters. The predicted octanol–water partition coefficient (Wildman–Crippen LogP) is 9.45. The summed E-state index contributed by atoms with van der Waals surface area (Å²) in [7, 11) is 0. The van der Waals surface area contributed by atoms with Crippen molar-refractivity contribution in [2.75, 3.05) is 13.2 Å². The van der Waals surface area contributed by atoms with Crippen LogP contribution in [0.3, 0.4) is 0 Å². The van der Waals surface area contributed by atoms with Gasteiger partial charge in [0.1, 0.15) is 11.5 Å². The van der Waals surface area contributed by atoms with Gasteiger partial charge in [0, 0.05) is 6.08 Å². The average molecular weight is 615 g/mol. The third-order valence-corrected chi connectivity index (χ3v) is 7.59. The number of benzene rings is 3. The normalized spacial score (nSPS) is 10.7. The van der Waals surface area contributed by atoms with Crippen molar-refractivity contribution < 1.29 is 33.7 Å². The first-order chi connectivity index (χ1) is 22.0. The smallest absolute Gasteiger partial charge is 0.343 e. The largest absolute Gasteiger partial charge is 0.494 e. The zero-order chi connectivity index (χ0) is 32.1. The van der Waals surface area contributed by atoms with Crippen molar-refractivity contribution >= 4 is 17.9 Å². The molecule has 0 aliphatic rings. The number of carbonyl (C=O) groups is 3. The fourth-order valence-electron chi connectivity index (χ4n) is 4.94. The van der Waals surface area contributed by atoms with Crippen LogP contribution in [0.5, 0.6) is 11.5 Å². The fourth-order valence-corrected chi connectivity index (χ4v) is 4.94. The van der Waals surface area contributed by atoms with Crippen LogP contribution in [0.2, 0.25) is 0 Å². The molecule has 0 aliphatic carbocycles. The van der Waals surface area contributed by atoms with E-state index in [1.165, 1.54) is 63.9 Å². The highest BCUT2D eigenvalue weighted by atomic mass is 16.5. The van der Waals surface area contributed by atoms with Gasteiger partial charge in [0.05, 0.1) is 24.3 Å². The first-order valence-corrected chi connectivity index (χ1v) is 16.1. The van der Waals surface area contributed by atoms with Crippen LogP contribution in [0.1, 0.15) is 104 Å². The van der Waals surface area contributed by atoms with Crippen LogP contribution in [-0.2, 0) is 9.53 Å². The Bertz CT molecular complexity index is 1310. The van der Waals surface area contributed by atoms with E-state index in [4.69, 9.17) is 19.3 Å². The molecule has 0 heterocycles. The lowest BCUT2D eigenvalue weighted by Crippen LogP contribution is -2.08. The van der Waals surface area contributed by atoms with Crippen LogP contribution in [0, 0.1) is 0 Å². The standard InChI is InChI=1S/C38H46O7/c1-2-36(39)44-29-15-13-11-9-7-5-3-4-6-8-10-12-14-28-43-34-24-22-33(23-25-34)38(42)45-35-26-20-31(21-27-35)30-16-18-32(19-17-30)37(40)41/h2,16-27H,1,3-15,28-29H2,(H,40,41). The van der Waals surface area contributed by atoms with Gasteiger partial charge in [-0.05, 0) is 72.5 Å². The Morgan fingerprint density at radius 1 is 0.556 bits per heavy atom. The van der Waals surface area contributed by atoms with Crippen LogP contribution in [0.25, 0.3) is 11.1 Å². The van der Waals surface area contributed by atoms with Crippen LogP contribution in [0.4, 0.5) is 0 Å². The fraction of sp³-hybridized carbons (Fsp3) is 0.395. The van der Waals surface area contributed by atoms with Crippen molar-refractivity contribution in [2.45, 2.75) is 83.5 Å². The van der Waals surface area contributed by atoms with Gasteiger partial charge in [-0.1, -0.05) is 101 Å². The second-order valence-corrected chi connectivity index (χ2v) is 11.1. The van der Waals surface area contributed by atoms with Gasteiger partial charge in [-0.3, -0.25) is 0 Å². The predicted molar refractivity (Wildman–Crippen MR) is 177 cm³/mol. The van der Waals surface area contributed by atoms with E-state index in [2.05, 4.69) is 6.58 Å². The maximum atomic E-state index is 12.6. The summed E-state index contributed by atoms with van der Waals surface area (Å²) in [5.74, 6) is -0.572. The summed E-state index contributed by atoms with van der Waals surface area (Å²) < 4.78 is 16.3. The molecule has 3 aromatic carbocycles. The molecule has 0 saturated carbocycles. The molecule has 45 heavy (non-hydrogen) atoms. The molecule has 0 saturated heterocycles. The van der Waals surface area contributed by atoms with E-state index in [9.17, 15) is 14.4 Å². The van der Waals surface area contributed by atoms with Gasteiger partial charge in [-0.15, -0.1) is 0 Å². The second kappa shape index (κ2) is 20.5. The average Bonchev–Trinajstić information content (AvgIpc) is 3.06. The Morgan fingerprint density at radius 2 is 0.978 bits per heavy atom. The number of carboxylic acids is 1. The van der Waals surface area contributed by atoms with Crippen LogP contribution >= 0.6 is 0 Å². The number of carboxylic acid groups (broad SMARTS) is 1. The van der Waals surface area contributed by atoms with E-state index in [0.717, 1.165) is 42.6 Å². The van der Waals surface area contributed by atoms with E-state index in [1.54, 1.807) is 60.7 Å². The molecule has 0 aromatic heterocycles. The van der Waals surface area contributed by atoms with Crippen LogP contribution in [-0.4, -0.2) is 36.2 Å². The van der Waals surface area contributed by atoms with Gasteiger partial charge in [-0.2, -0.15) is 0 Å². The molecular weight excluding hydrogens is 568 g/mol. The van der Waals surface area contributed by atoms with E-state index in [0.29, 0.717) is 24.5 Å². The monoisotopic (exact) mass is 614 g/mol. The number of ether oxygens (including phenoxy) is 3. The Morgan fingerprint density at radius 3 is 1.47 bits per heavy atom. The minimum Gasteiger partial charge on any atom is -0.494 e. The number of aromatic carboxylic acids is 1. The molecule has 7 heteroatoms. The SMILES string of the molecule is C=CC(=O)OCCCCCCCCCCCCCCCOc1ccc(C(=O)Oc2ccc(-c3ccc(C(=O)O)cc3)cc2)cc1. The number of hydrogen-bond donors (Lipinski definition) is 1. The highest BCUT2D eigenvalue weighted by Gasteiger charge is 2.10. The lowest BCUT2D eigenvalue weighted by molar-refractivity contribution is -0.137. The molecule has 3 aromatic rings. The molecule has 240 valence electrons. The summed E-state index contributed by atoms with van der Waals surface area (Å²) in [5.41, 5.74) is 2.45. The van der Waals surface area contributed by atoms with Crippen molar-refractivity contribution in [1.82, 2.24) is 0 Å². The number of hydrogen-bond acceptors (Lipinski definition) is 6. The molecule has 3 rings (SSSR count). The Balaban J connectivity index is 1.19. The zero-order valence-electron chi connectivity index (χ0n) is 26.2. The third-order valence-electron chi connectivity index (χ3n) is 7.59.